The molecule has 0 rings (SSSR count). The van der Waals surface area contributed by atoms with Gasteiger partial charge in [-0.2, -0.15) is 0 Å². The van der Waals surface area contributed by atoms with Crippen molar-refractivity contribution in [1.82, 2.24) is 0 Å². The number of hydrogen-bond acceptors (Lipinski definition) is 0. The van der Waals surface area contributed by atoms with Gasteiger partial charge in [0.05, 0.1) is 0 Å². The first-order valence-corrected chi connectivity index (χ1v) is 6.04. The van der Waals surface area contributed by atoms with Crippen LogP contribution in [0.25, 0.3) is 0 Å². The van der Waals surface area contributed by atoms with Gasteiger partial charge in [-0.25, -0.2) is 0 Å². The second-order valence-electron chi connectivity index (χ2n) is 2.24. The third-order valence-corrected chi connectivity index (χ3v) is 2.52. The first-order valence-electron chi connectivity index (χ1n) is 3.55. The van der Waals surface area contributed by atoms with Gasteiger partial charge in [-0.15, -0.1) is 44.7 Å². The third kappa shape index (κ3) is 9.52. The van der Waals surface area contributed by atoms with E-state index in [1.54, 1.807) is 0 Å². The number of rotatable bonds is 5. The molecule has 0 aromatic heterocycles. The molecule has 0 amide bonds. The Kier molecular flexibility index (Phi) is 8.92. The summed E-state index contributed by atoms with van der Waals surface area (Å²) in [6.45, 7) is 2.26. The van der Waals surface area contributed by atoms with Crippen molar-refractivity contribution >= 4 is 47.2 Å². The lowest BCUT2D eigenvalue weighted by atomic mass is 9.98. The van der Waals surface area contributed by atoms with E-state index in [0.717, 1.165) is 2.43 Å². The van der Waals surface area contributed by atoms with Crippen LogP contribution in [0.5, 0.6) is 0 Å². The van der Waals surface area contributed by atoms with E-state index in [2.05, 4.69) is 51.7 Å². The van der Waals surface area contributed by atoms with Gasteiger partial charge in [0.25, 0.3) is 2.43 Å². The molecule has 0 heterocycles. The normalized spacial score (nSPS) is 9.67. The van der Waals surface area contributed by atoms with Crippen LogP contribution in [0, 0.1) is 0 Å². The zero-order valence-electron chi connectivity index (χ0n) is 5.87. The van der Waals surface area contributed by atoms with Crippen LogP contribution < -0.4 is 0 Å². The van der Waals surface area contributed by atoms with Crippen molar-refractivity contribution in [2.75, 3.05) is 0 Å². The number of hydrogen-bond donors (Lipinski definition) is 0. The lowest BCUT2D eigenvalue weighted by molar-refractivity contribution is 0.701. The van der Waals surface area contributed by atoms with Crippen LogP contribution >= 0.6 is 44.7 Å². The molecule has 0 aliphatic carbocycles. The molecule has 0 aromatic rings. The Hall–Kier alpha value is 1.52. The molecule has 0 aromatic carbocycles. The molecule has 0 N–H and O–H groups in total. The summed E-state index contributed by atoms with van der Waals surface area (Å²) in [5.74, 6) is 0. The predicted molar refractivity (Wildman–Crippen MR) is 62.7 cm³/mol. The third-order valence-electron chi connectivity index (χ3n) is 1.28. The van der Waals surface area contributed by atoms with Crippen molar-refractivity contribution in [2.24, 2.45) is 0 Å². The molecule has 0 saturated heterocycles. The Bertz CT molecular complexity index is 57.0. The van der Waals surface area contributed by atoms with E-state index >= 15 is 0 Å². The van der Waals surface area contributed by atoms with Crippen LogP contribution in [0.4, 0.5) is 0 Å². The van der Waals surface area contributed by atoms with E-state index < -0.39 is 0 Å². The molecule has 0 aliphatic heterocycles. The average molecular weight is 350 g/mol. The highest BCUT2D eigenvalue weighted by molar-refractivity contribution is 14.3. The van der Waals surface area contributed by atoms with Gasteiger partial charge in [0.1, 0.15) is 0 Å². The monoisotopic (exact) mass is 350 g/mol. The van der Waals surface area contributed by atoms with Gasteiger partial charge in [0, 0.05) is 0 Å². The lowest BCUT2D eigenvalue weighted by Crippen LogP contribution is -1.88. The standard InChI is InChI=1S/C6H13BI2/c1-2-3-4-5-6-7(8)9/h2-6H2,1H3. The first-order chi connectivity index (χ1) is 4.27. The smallest absolute Gasteiger partial charge is 0.134 e. The Balaban J connectivity index is 2.75. The quantitative estimate of drug-likeness (QED) is 0.401. The second-order valence-corrected chi connectivity index (χ2v) is 7.63. The van der Waals surface area contributed by atoms with Crippen molar-refractivity contribution in [1.29, 1.82) is 0 Å². The summed E-state index contributed by atoms with van der Waals surface area (Å²) in [5.41, 5.74) is 0. The number of halogens is 2. The van der Waals surface area contributed by atoms with Gasteiger partial charge < -0.3 is 0 Å². The molecular weight excluding hydrogens is 337 g/mol. The largest absolute Gasteiger partial charge is 0.289 e. The van der Waals surface area contributed by atoms with Gasteiger partial charge in [-0.05, 0) is 0 Å². The fraction of sp³-hybridized carbons (Fsp3) is 1.00. The maximum absolute atomic E-state index is 2.48. The highest BCUT2D eigenvalue weighted by Gasteiger charge is 2.00. The fourth-order valence-electron chi connectivity index (χ4n) is 0.725. The predicted octanol–water partition coefficient (Wildman–Crippen LogP) is 3.92. The van der Waals surface area contributed by atoms with E-state index in [1.165, 1.54) is 32.0 Å². The molecule has 0 nitrogen and oxygen atoms in total. The Morgan fingerprint density at radius 1 is 1.11 bits per heavy atom. The van der Waals surface area contributed by atoms with E-state index in [-0.39, 0.29) is 0 Å². The van der Waals surface area contributed by atoms with Crippen LogP contribution in [0.2, 0.25) is 6.32 Å². The highest BCUT2D eigenvalue weighted by atomic mass is 127. The summed E-state index contributed by atoms with van der Waals surface area (Å²) >= 11 is 4.96. The van der Waals surface area contributed by atoms with E-state index in [0.29, 0.717) is 0 Å². The summed E-state index contributed by atoms with van der Waals surface area (Å²) in [4.78, 5) is 0. The Morgan fingerprint density at radius 2 is 1.78 bits per heavy atom. The summed E-state index contributed by atoms with van der Waals surface area (Å²) in [6, 6.07) is 0. The van der Waals surface area contributed by atoms with Gasteiger partial charge in [0.15, 0.2) is 0 Å². The van der Waals surface area contributed by atoms with Crippen molar-refractivity contribution in [3.8, 4) is 0 Å². The van der Waals surface area contributed by atoms with Crippen LogP contribution in [0.15, 0.2) is 0 Å². The second kappa shape index (κ2) is 7.63. The van der Waals surface area contributed by atoms with Crippen LogP contribution in [0.1, 0.15) is 32.6 Å². The topological polar surface area (TPSA) is 0 Å². The maximum Gasteiger partial charge on any atom is 0.289 e. The molecule has 3 heteroatoms. The van der Waals surface area contributed by atoms with Crippen molar-refractivity contribution in [3.63, 3.8) is 0 Å². The van der Waals surface area contributed by atoms with Crippen molar-refractivity contribution < 1.29 is 0 Å². The summed E-state index contributed by atoms with van der Waals surface area (Å²) in [6.07, 6.45) is 7.01. The molecule has 0 atom stereocenters. The van der Waals surface area contributed by atoms with Crippen molar-refractivity contribution in [3.05, 3.63) is 0 Å². The molecule has 0 saturated carbocycles. The fourth-order valence-corrected chi connectivity index (χ4v) is 1.61. The molecule has 9 heavy (non-hydrogen) atoms. The summed E-state index contributed by atoms with van der Waals surface area (Å²) in [5, 5.41) is 0. The van der Waals surface area contributed by atoms with E-state index in [1.807, 2.05) is 0 Å². The van der Waals surface area contributed by atoms with Crippen LogP contribution in [0.3, 0.4) is 0 Å². The number of unbranched alkanes of at least 4 members (excludes halogenated alkanes) is 3. The SMILES string of the molecule is CCCCCCB(I)I. The highest BCUT2D eigenvalue weighted by Crippen LogP contribution is 2.14. The molecular formula is C6H13BI2. The first kappa shape index (κ1) is 10.5. The van der Waals surface area contributed by atoms with Gasteiger partial charge in [0.2, 0.25) is 0 Å². The molecule has 0 bridgehead atoms. The molecule has 0 unspecified atom stereocenters. The molecule has 0 spiro atoms. The van der Waals surface area contributed by atoms with E-state index in [9.17, 15) is 0 Å². The molecule has 0 fully saturated rings. The molecule has 0 aliphatic rings. The van der Waals surface area contributed by atoms with Gasteiger partial charge in [-0.1, -0.05) is 38.9 Å². The zero-order valence-corrected chi connectivity index (χ0v) is 10.2. The summed E-state index contributed by atoms with van der Waals surface area (Å²) in [7, 11) is 0. The van der Waals surface area contributed by atoms with Crippen molar-refractivity contribution in [2.45, 2.75) is 38.9 Å². The van der Waals surface area contributed by atoms with Gasteiger partial charge >= 0.3 is 0 Å². The van der Waals surface area contributed by atoms with E-state index in [4.69, 9.17) is 0 Å². The van der Waals surface area contributed by atoms with Gasteiger partial charge in [-0.3, -0.25) is 0 Å². The lowest BCUT2D eigenvalue weighted by Gasteiger charge is -1.96. The maximum atomic E-state index is 2.48. The minimum atomic E-state index is 0.844. The zero-order chi connectivity index (χ0) is 7.11. The average Bonchev–Trinajstić information content (AvgIpc) is 1.80. The Labute approximate surface area is 85.4 Å². The van der Waals surface area contributed by atoms with Crippen LogP contribution in [-0.4, -0.2) is 2.43 Å². The Morgan fingerprint density at radius 3 is 2.22 bits per heavy atom. The summed E-state index contributed by atoms with van der Waals surface area (Å²) < 4.78 is 0.844. The van der Waals surface area contributed by atoms with Crippen LogP contribution in [-0.2, 0) is 0 Å². The minimum Gasteiger partial charge on any atom is -0.134 e. The molecule has 54 valence electrons. The molecule has 0 radical (unpaired) electrons. The minimum absolute atomic E-state index is 0.844.